The van der Waals surface area contributed by atoms with E-state index >= 15 is 0 Å². The summed E-state index contributed by atoms with van der Waals surface area (Å²) in [5.74, 6) is 14.1. The molecule has 2 aliphatic rings. The van der Waals surface area contributed by atoms with Crippen LogP contribution in [0.3, 0.4) is 0 Å². The molecule has 200 valence electrons. The summed E-state index contributed by atoms with van der Waals surface area (Å²) in [7, 11) is 29.8. The first kappa shape index (κ1) is 35.8. The van der Waals surface area contributed by atoms with E-state index in [4.69, 9.17) is 55.8 Å². The van der Waals surface area contributed by atoms with Gasteiger partial charge in [0, 0.05) is 11.8 Å². The van der Waals surface area contributed by atoms with Crippen molar-refractivity contribution in [2.45, 2.75) is 55.4 Å². The molecule has 10 radical (unpaired) electrons. The first-order chi connectivity index (χ1) is 17.7. The summed E-state index contributed by atoms with van der Waals surface area (Å²) < 4.78 is 0. The third kappa shape index (κ3) is 9.30. The molecule has 2 saturated carbocycles. The number of halogens is 6. The van der Waals surface area contributed by atoms with Gasteiger partial charge in [-0.25, -0.2) is 0 Å². The standard InChI is InChI=1S/C30H32.6ClH.2Ti/c1-17-18(2)22(6)29(21(17)5)27-13-9-25(10-14-27)26-11-15-28(16-12-26)30-23(7)19(3)20(4)24(30)8;;;;;;;;/h9-16H,1-8H3;6*1H;;/q;;;;;;;2*+4/p-6. The van der Waals surface area contributed by atoms with E-state index in [0.29, 0.717) is 0 Å². The van der Waals surface area contributed by atoms with Crippen molar-refractivity contribution in [2.75, 3.05) is 0 Å². The van der Waals surface area contributed by atoms with Crippen molar-refractivity contribution in [2.24, 2.45) is 0 Å². The van der Waals surface area contributed by atoms with Gasteiger partial charge in [0.15, 0.2) is 0 Å². The minimum atomic E-state index is -1.92. The molecule has 2 aliphatic carbocycles. The van der Waals surface area contributed by atoms with Crippen molar-refractivity contribution in [3.05, 3.63) is 119 Å². The van der Waals surface area contributed by atoms with Crippen molar-refractivity contribution in [1.29, 1.82) is 0 Å². The van der Waals surface area contributed by atoms with E-state index in [9.17, 15) is 0 Å². The molecule has 0 unspecified atom stereocenters. The predicted molar refractivity (Wildman–Crippen MR) is 163 cm³/mol. The van der Waals surface area contributed by atoms with Gasteiger partial charge in [-0.05, 0) is 69.6 Å². The van der Waals surface area contributed by atoms with Gasteiger partial charge in [-0.3, -0.25) is 0 Å². The average Bonchev–Trinajstić information content (AvgIpc) is 3.17. The number of benzene rings is 2. The molecule has 0 heterocycles. The van der Waals surface area contributed by atoms with Gasteiger partial charge >= 0.3 is 85.2 Å². The van der Waals surface area contributed by atoms with Crippen LogP contribution in [0.2, 0.25) is 0 Å². The van der Waals surface area contributed by atoms with E-state index in [1.165, 1.54) is 81.4 Å². The van der Waals surface area contributed by atoms with Crippen molar-refractivity contribution in [3.63, 3.8) is 0 Å². The van der Waals surface area contributed by atoms with Gasteiger partial charge in [0.05, 0.1) is 0 Å². The van der Waals surface area contributed by atoms with Crippen LogP contribution in [0.4, 0.5) is 0 Å². The van der Waals surface area contributed by atoms with Gasteiger partial charge in [-0.2, -0.15) is 0 Å². The fourth-order valence-electron chi connectivity index (χ4n) is 4.96. The summed E-state index contributed by atoms with van der Waals surface area (Å²) in [5.41, 5.74) is 5.17. The molecule has 0 aromatic heterocycles. The summed E-state index contributed by atoms with van der Waals surface area (Å²) in [6.07, 6.45) is 0. The van der Waals surface area contributed by atoms with Crippen molar-refractivity contribution in [3.8, 4) is 11.1 Å². The molecule has 0 amide bonds. The Labute approximate surface area is 267 Å². The number of hydrogen-bond acceptors (Lipinski definition) is 0. The molecule has 4 rings (SSSR count). The van der Waals surface area contributed by atoms with E-state index in [-0.39, 0.29) is 0 Å². The molecule has 0 bridgehead atoms. The van der Waals surface area contributed by atoms with Gasteiger partial charge in [0.1, 0.15) is 0 Å². The maximum atomic E-state index is 4.97. The van der Waals surface area contributed by atoms with Crippen LogP contribution in [-0.4, -0.2) is 0 Å². The Morgan fingerprint density at radius 1 is 0.316 bits per heavy atom. The van der Waals surface area contributed by atoms with E-state index in [2.05, 4.69) is 104 Å². The van der Waals surface area contributed by atoms with E-state index in [1.807, 2.05) is 0 Å². The van der Waals surface area contributed by atoms with Crippen LogP contribution < -0.4 is 0 Å². The Balaban J connectivity index is 0.000000559. The molecular weight excluding hydrogens is 669 g/mol. The van der Waals surface area contributed by atoms with Gasteiger partial charge in [-0.15, -0.1) is 0 Å². The summed E-state index contributed by atoms with van der Waals surface area (Å²) in [5, 5.41) is 0. The molecule has 0 saturated heterocycles. The Kier molecular flexibility index (Phi) is 15.5. The molecule has 2 aromatic carbocycles. The van der Waals surface area contributed by atoms with Gasteiger partial charge in [-0.1, -0.05) is 104 Å². The molecule has 0 aliphatic heterocycles. The molecule has 2 fully saturated rings. The van der Waals surface area contributed by atoms with E-state index in [0.717, 1.165) is 0 Å². The van der Waals surface area contributed by atoms with E-state index < -0.39 is 29.4 Å². The van der Waals surface area contributed by atoms with Gasteiger partial charge in [0.2, 0.25) is 0 Å². The van der Waals surface area contributed by atoms with Crippen LogP contribution in [0, 0.1) is 59.2 Å². The monoisotopic (exact) mass is 698 g/mol. The van der Waals surface area contributed by atoms with Crippen LogP contribution >= 0.6 is 55.8 Å². The first-order valence-corrected chi connectivity index (χ1v) is 24.9. The Morgan fingerprint density at radius 2 is 0.474 bits per heavy atom. The normalized spacial score (nSPS) is 19.8. The van der Waals surface area contributed by atoms with Gasteiger partial charge in [0.25, 0.3) is 0 Å². The first-order valence-electron chi connectivity index (χ1n) is 12.0. The fourth-order valence-corrected chi connectivity index (χ4v) is 4.96. The molecule has 38 heavy (non-hydrogen) atoms. The molecule has 8 heteroatoms. The number of rotatable bonds is 3. The zero-order valence-electron chi connectivity index (χ0n) is 22.9. The molecular formula is C30H32Cl6Ti2+2. The van der Waals surface area contributed by atoms with E-state index in [1.54, 1.807) is 0 Å². The maximum absolute atomic E-state index is 4.97. The third-order valence-corrected chi connectivity index (χ3v) is 7.56. The molecule has 2 aromatic rings. The fraction of sp³-hybridized carbons (Fsp3) is 0.267. The second kappa shape index (κ2) is 16.5. The minimum absolute atomic E-state index is 1.27. The van der Waals surface area contributed by atoms with Crippen LogP contribution in [0.5, 0.6) is 0 Å². The average molecular weight is 701 g/mol. The van der Waals surface area contributed by atoms with Crippen molar-refractivity contribution in [1.82, 2.24) is 0 Å². The SMILES string of the molecule is C[C]1[C](C)[C](C)[C](c2ccc(-c3ccc([C]4[C](C)[C](C)[C](C)[C]4C)cc3)cc2)[C]1C.[Cl][Ti+]([Cl])[Cl].[Cl][Ti+]([Cl])[Cl]. The van der Waals surface area contributed by atoms with Crippen molar-refractivity contribution < 1.29 is 29.4 Å². The van der Waals surface area contributed by atoms with Crippen LogP contribution in [0.25, 0.3) is 11.1 Å². The molecule has 0 spiro atoms. The van der Waals surface area contributed by atoms with Crippen molar-refractivity contribution >= 4 is 55.8 Å². The topological polar surface area (TPSA) is 0 Å². The summed E-state index contributed by atoms with van der Waals surface area (Å²) in [6, 6.07) is 18.1. The van der Waals surface area contributed by atoms with Crippen LogP contribution in [-0.2, 0) is 29.4 Å². The van der Waals surface area contributed by atoms with Crippen LogP contribution in [0.15, 0.2) is 48.5 Å². The Morgan fingerprint density at radius 3 is 0.658 bits per heavy atom. The zero-order valence-corrected chi connectivity index (χ0v) is 30.5. The second-order valence-corrected chi connectivity index (χ2v) is 24.8. The molecule has 0 nitrogen and oxygen atoms in total. The Hall–Kier alpha value is 1.61. The summed E-state index contributed by atoms with van der Waals surface area (Å²) >= 11 is -3.83. The predicted octanol–water partition coefficient (Wildman–Crippen LogP) is 12.1. The van der Waals surface area contributed by atoms with Crippen LogP contribution in [0.1, 0.15) is 66.5 Å². The summed E-state index contributed by atoms with van der Waals surface area (Å²) in [6.45, 7) is 17.9. The quantitative estimate of drug-likeness (QED) is 0.280. The summed E-state index contributed by atoms with van der Waals surface area (Å²) in [4.78, 5) is 0. The molecule has 0 atom stereocenters. The second-order valence-electron chi connectivity index (χ2n) is 9.33. The Bertz CT molecular complexity index is 855. The zero-order chi connectivity index (χ0) is 28.9. The third-order valence-electron chi connectivity index (χ3n) is 7.56. The van der Waals surface area contributed by atoms with Gasteiger partial charge < -0.3 is 0 Å². The molecule has 0 N–H and O–H groups in total. The number of hydrogen-bond donors (Lipinski definition) is 0.